The van der Waals surface area contributed by atoms with Gasteiger partial charge in [0.05, 0.1) is 17.2 Å². The van der Waals surface area contributed by atoms with Crippen LogP contribution in [0.15, 0.2) is 65.5 Å². The molecule has 1 aliphatic heterocycles. The second-order valence-electron chi connectivity index (χ2n) is 9.38. The zero-order chi connectivity index (χ0) is 27.0. The molecule has 0 amide bonds. The van der Waals surface area contributed by atoms with E-state index in [1.807, 2.05) is 24.0 Å². The second-order valence-corrected chi connectivity index (χ2v) is 9.38. The molecular weight excluding hydrogens is 486 g/mol. The smallest absolute Gasteiger partial charge is 0.270 e. The molecule has 2 aromatic heterocycles. The van der Waals surface area contributed by atoms with Gasteiger partial charge in [0, 0.05) is 38.3 Å². The summed E-state index contributed by atoms with van der Waals surface area (Å²) in [4.78, 5) is 21.6. The third-order valence-electron chi connectivity index (χ3n) is 7.15. The quantitative estimate of drug-likeness (QED) is 0.408. The van der Waals surface area contributed by atoms with Gasteiger partial charge in [-0.05, 0) is 42.8 Å². The minimum atomic E-state index is -0.465. The highest BCUT2D eigenvalue weighted by Crippen LogP contribution is 2.36. The van der Waals surface area contributed by atoms with E-state index in [-0.39, 0.29) is 28.9 Å². The van der Waals surface area contributed by atoms with Crippen molar-refractivity contribution >= 4 is 16.7 Å². The van der Waals surface area contributed by atoms with Gasteiger partial charge in [-0.1, -0.05) is 30.3 Å². The number of piperazine rings is 1. The van der Waals surface area contributed by atoms with Crippen LogP contribution in [0.4, 0.5) is 14.5 Å². The minimum Gasteiger partial charge on any atom is -0.366 e. The summed E-state index contributed by atoms with van der Waals surface area (Å²) in [6, 6.07) is 19.3. The number of nitriles is 2. The minimum absolute atomic E-state index is 0.0348. The average Bonchev–Trinajstić information content (AvgIpc) is 2.93. The van der Waals surface area contributed by atoms with Crippen molar-refractivity contribution in [2.24, 2.45) is 7.05 Å². The lowest BCUT2D eigenvalue weighted by Gasteiger charge is -2.45. The number of aryl methyl sites for hydroxylation is 1. The molecule has 190 valence electrons. The second kappa shape index (κ2) is 10.0. The fourth-order valence-electron chi connectivity index (χ4n) is 5.31. The molecule has 0 saturated carbocycles. The maximum absolute atomic E-state index is 15.0. The first-order valence-electron chi connectivity index (χ1n) is 12.2. The third kappa shape index (κ3) is 4.27. The Balaban J connectivity index is 1.58. The molecule has 9 heteroatoms. The number of aromatic nitrogens is 2. The van der Waals surface area contributed by atoms with Crippen molar-refractivity contribution in [1.29, 1.82) is 10.5 Å². The Morgan fingerprint density at radius 2 is 1.74 bits per heavy atom. The van der Waals surface area contributed by atoms with Gasteiger partial charge in [0.2, 0.25) is 0 Å². The number of fused-ring (bicyclic) bond motifs is 1. The lowest BCUT2D eigenvalue weighted by molar-refractivity contribution is 0.148. The van der Waals surface area contributed by atoms with Crippen molar-refractivity contribution in [2.75, 3.05) is 24.5 Å². The Morgan fingerprint density at radius 1 is 1.00 bits per heavy atom. The van der Waals surface area contributed by atoms with Gasteiger partial charge in [-0.2, -0.15) is 10.5 Å². The molecule has 3 heterocycles. The Bertz CT molecular complexity index is 1670. The van der Waals surface area contributed by atoms with E-state index in [1.165, 1.54) is 22.8 Å². The number of anilines is 1. The van der Waals surface area contributed by atoms with Crippen LogP contribution in [-0.2, 0) is 7.05 Å². The summed E-state index contributed by atoms with van der Waals surface area (Å²) in [6.45, 7) is 3.30. The SMILES string of the molecule is C[C@@H]1CN(c2c(C#N)c(=O)n(C)c3ccc(C#N)nc23)CCN1C(c1ccc(F)cc1)c1ccccc1F. The zero-order valence-corrected chi connectivity index (χ0v) is 20.9. The highest BCUT2D eigenvalue weighted by Gasteiger charge is 2.34. The van der Waals surface area contributed by atoms with Crippen LogP contribution in [0.1, 0.15) is 35.3 Å². The van der Waals surface area contributed by atoms with E-state index in [4.69, 9.17) is 0 Å². The fraction of sp³-hybridized carbons (Fsp3) is 0.241. The predicted molar refractivity (Wildman–Crippen MR) is 139 cm³/mol. The number of halogens is 2. The maximum atomic E-state index is 15.0. The largest absolute Gasteiger partial charge is 0.366 e. The molecular formula is C29H24F2N6O. The summed E-state index contributed by atoms with van der Waals surface area (Å²) in [5.41, 5.74) is 2.29. The molecule has 0 N–H and O–H groups in total. The predicted octanol–water partition coefficient (Wildman–Crippen LogP) is 4.26. The Morgan fingerprint density at radius 3 is 2.39 bits per heavy atom. The number of benzene rings is 2. The zero-order valence-electron chi connectivity index (χ0n) is 20.9. The molecule has 1 saturated heterocycles. The van der Waals surface area contributed by atoms with Gasteiger partial charge in [-0.15, -0.1) is 0 Å². The number of rotatable bonds is 4. The average molecular weight is 511 g/mol. The lowest BCUT2D eigenvalue weighted by Crippen LogP contribution is -2.53. The van der Waals surface area contributed by atoms with Crippen molar-refractivity contribution in [3.05, 3.63) is 105 Å². The molecule has 7 nitrogen and oxygen atoms in total. The fourth-order valence-corrected chi connectivity index (χ4v) is 5.31. The van der Waals surface area contributed by atoms with Gasteiger partial charge < -0.3 is 9.47 Å². The highest BCUT2D eigenvalue weighted by atomic mass is 19.1. The first kappa shape index (κ1) is 25.1. The van der Waals surface area contributed by atoms with Crippen LogP contribution in [0.25, 0.3) is 11.0 Å². The topological polar surface area (TPSA) is 88.9 Å². The monoisotopic (exact) mass is 510 g/mol. The van der Waals surface area contributed by atoms with E-state index in [9.17, 15) is 19.7 Å². The molecule has 4 aromatic rings. The van der Waals surface area contributed by atoms with Gasteiger partial charge >= 0.3 is 0 Å². The molecule has 1 fully saturated rings. The standard InChI is InChI=1S/C29H24F2N6O/c1-18-17-36(28-23(16-33)29(38)35(2)25-12-11-21(15-32)34-26(25)28)13-14-37(18)27(19-7-9-20(30)10-8-19)22-5-3-4-6-24(22)31/h3-12,18,27H,13-14,17H2,1-2H3/t18-,27?/m1/s1. The van der Waals surface area contributed by atoms with Gasteiger partial charge in [0.25, 0.3) is 5.56 Å². The van der Waals surface area contributed by atoms with Crippen LogP contribution in [0.5, 0.6) is 0 Å². The first-order valence-corrected chi connectivity index (χ1v) is 12.2. The summed E-state index contributed by atoms with van der Waals surface area (Å²) in [5.74, 6) is -0.723. The summed E-state index contributed by atoms with van der Waals surface area (Å²) >= 11 is 0. The van der Waals surface area contributed by atoms with Crippen molar-refractivity contribution in [3.63, 3.8) is 0 Å². The first-order chi connectivity index (χ1) is 18.3. The molecule has 5 rings (SSSR count). The van der Waals surface area contributed by atoms with E-state index >= 15 is 4.39 Å². The van der Waals surface area contributed by atoms with E-state index < -0.39 is 11.6 Å². The molecule has 1 aliphatic rings. The number of pyridine rings is 2. The number of hydrogen-bond acceptors (Lipinski definition) is 6. The van der Waals surface area contributed by atoms with Gasteiger partial charge in [0.1, 0.15) is 40.5 Å². The van der Waals surface area contributed by atoms with Gasteiger partial charge in [0.15, 0.2) is 0 Å². The molecule has 1 unspecified atom stereocenters. The van der Waals surface area contributed by atoms with E-state index in [1.54, 1.807) is 49.5 Å². The Labute approximate surface area is 218 Å². The lowest BCUT2D eigenvalue weighted by atomic mass is 9.94. The van der Waals surface area contributed by atoms with Crippen LogP contribution >= 0.6 is 0 Å². The summed E-state index contributed by atoms with van der Waals surface area (Å²) < 4.78 is 30.1. The summed E-state index contributed by atoms with van der Waals surface area (Å²) in [7, 11) is 1.57. The van der Waals surface area contributed by atoms with Crippen LogP contribution in [-0.4, -0.2) is 40.1 Å². The molecule has 0 spiro atoms. The summed E-state index contributed by atoms with van der Waals surface area (Å²) in [5, 5.41) is 19.4. The molecule has 2 atom stereocenters. The van der Waals surface area contributed by atoms with Crippen LogP contribution < -0.4 is 10.5 Å². The van der Waals surface area contributed by atoms with Crippen LogP contribution in [0.2, 0.25) is 0 Å². The molecule has 0 aliphatic carbocycles. The van der Waals surface area contributed by atoms with Crippen LogP contribution in [0.3, 0.4) is 0 Å². The van der Waals surface area contributed by atoms with Crippen molar-refractivity contribution in [3.8, 4) is 12.1 Å². The Hall–Kier alpha value is -4.60. The van der Waals surface area contributed by atoms with E-state index in [0.717, 1.165) is 5.56 Å². The van der Waals surface area contributed by atoms with Crippen molar-refractivity contribution in [2.45, 2.75) is 19.0 Å². The molecule has 2 aromatic carbocycles. The Kier molecular flexibility index (Phi) is 6.62. The maximum Gasteiger partial charge on any atom is 0.270 e. The third-order valence-corrected chi connectivity index (χ3v) is 7.15. The molecule has 0 bridgehead atoms. The van der Waals surface area contributed by atoms with Gasteiger partial charge in [-0.3, -0.25) is 9.69 Å². The van der Waals surface area contributed by atoms with Crippen LogP contribution in [0, 0.1) is 34.3 Å². The normalized spacial score (nSPS) is 16.7. The number of nitrogens with zero attached hydrogens (tertiary/aromatic N) is 6. The van der Waals surface area contributed by atoms with Crippen molar-refractivity contribution < 1.29 is 8.78 Å². The number of hydrogen-bond donors (Lipinski definition) is 0. The van der Waals surface area contributed by atoms with Crippen molar-refractivity contribution in [1.82, 2.24) is 14.5 Å². The summed E-state index contributed by atoms with van der Waals surface area (Å²) in [6.07, 6.45) is 0. The van der Waals surface area contributed by atoms with E-state index in [0.29, 0.717) is 41.9 Å². The van der Waals surface area contributed by atoms with E-state index in [2.05, 4.69) is 9.88 Å². The molecule has 0 radical (unpaired) electrons. The van der Waals surface area contributed by atoms with Gasteiger partial charge in [-0.25, -0.2) is 13.8 Å². The highest BCUT2D eigenvalue weighted by molar-refractivity contribution is 5.92. The molecule has 38 heavy (non-hydrogen) atoms.